The first kappa shape index (κ1) is 15.5. The molecule has 0 radical (unpaired) electrons. The molecule has 0 aliphatic carbocycles. The summed E-state index contributed by atoms with van der Waals surface area (Å²) in [6, 6.07) is 6.72. The maximum Gasteiger partial charge on any atom is 0.225 e. The Hall–Kier alpha value is -1.42. The number of nitrogens with zero attached hydrogens (tertiary/aromatic N) is 1. The zero-order valence-corrected chi connectivity index (χ0v) is 13.1. The third kappa shape index (κ3) is 3.67. The van der Waals surface area contributed by atoms with E-state index in [2.05, 4.69) is 0 Å². The van der Waals surface area contributed by atoms with Gasteiger partial charge >= 0.3 is 0 Å². The van der Waals surface area contributed by atoms with Gasteiger partial charge in [-0.15, -0.1) is 0 Å². The number of ether oxygens (including phenoxy) is 1. The Balaban J connectivity index is 1.53. The standard InChI is InChI=1S/C18H24FNO2/c1-13-10-16(7-9-22-13)18(21)20-8-6-15(12-20)11-14-2-4-17(19)5-3-14/h2-5,13,15-16H,6-12H2,1H3. The van der Waals surface area contributed by atoms with Crippen molar-refractivity contribution in [3.63, 3.8) is 0 Å². The predicted octanol–water partition coefficient (Wildman–Crippen LogP) is 3.03. The Kier molecular flexibility index (Phi) is 4.77. The molecule has 3 nitrogen and oxygen atoms in total. The average Bonchev–Trinajstić information content (AvgIpc) is 2.97. The van der Waals surface area contributed by atoms with Crippen LogP contribution in [0.3, 0.4) is 0 Å². The Labute approximate surface area is 131 Å². The van der Waals surface area contributed by atoms with E-state index in [4.69, 9.17) is 4.74 Å². The summed E-state index contributed by atoms with van der Waals surface area (Å²) in [4.78, 5) is 14.6. The van der Waals surface area contributed by atoms with Crippen LogP contribution in [0.1, 0.15) is 31.7 Å². The molecule has 2 fully saturated rings. The van der Waals surface area contributed by atoms with Gasteiger partial charge < -0.3 is 9.64 Å². The third-order valence-electron chi connectivity index (χ3n) is 4.87. The maximum atomic E-state index is 12.9. The first-order valence-electron chi connectivity index (χ1n) is 8.26. The average molecular weight is 305 g/mol. The number of amides is 1. The first-order chi connectivity index (χ1) is 10.6. The summed E-state index contributed by atoms with van der Waals surface area (Å²) in [6.45, 7) is 4.43. The molecule has 2 aliphatic heterocycles. The van der Waals surface area contributed by atoms with E-state index < -0.39 is 0 Å². The van der Waals surface area contributed by atoms with Crippen LogP contribution in [-0.4, -0.2) is 36.6 Å². The van der Waals surface area contributed by atoms with Gasteiger partial charge in [0.15, 0.2) is 0 Å². The highest BCUT2D eigenvalue weighted by atomic mass is 19.1. The zero-order chi connectivity index (χ0) is 15.5. The van der Waals surface area contributed by atoms with Gasteiger partial charge in [0.25, 0.3) is 0 Å². The van der Waals surface area contributed by atoms with Gasteiger partial charge in [0, 0.05) is 25.6 Å². The van der Waals surface area contributed by atoms with Crippen LogP contribution in [0.5, 0.6) is 0 Å². The van der Waals surface area contributed by atoms with Crippen molar-refractivity contribution in [1.82, 2.24) is 4.90 Å². The smallest absolute Gasteiger partial charge is 0.225 e. The van der Waals surface area contributed by atoms with Crippen molar-refractivity contribution in [2.45, 2.75) is 38.7 Å². The molecule has 0 N–H and O–H groups in total. The molecule has 0 bridgehead atoms. The van der Waals surface area contributed by atoms with E-state index >= 15 is 0 Å². The van der Waals surface area contributed by atoms with Crippen molar-refractivity contribution in [3.8, 4) is 0 Å². The summed E-state index contributed by atoms with van der Waals surface area (Å²) in [5, 5.41) is 0. The lowest BCUT2D eigenvalue weighted by Crippen LogP contribution is -2.38. The molecule has 1 aromatic rings. The minimum Gasteiger partial charge on any atom is -0.378 e. The molecule has 4 heteroatoms. The molecule has 2 saturated heterocycles. The fourth-order valence-corrected chi connectivity index (χ4v) is 3.63. The monoisotopic (exact) mass is 305 g/mol. The molecule has 120 valence electrons. The Morgan fingerprint density at radius 1 is 1.32 bits per heavy atom. The van der Waals surface area contributed by atoms with Gasteiger partial charge in [-0.1, -0.05) is 12.1 Å². The number of halogens is 1. The number of carbonyl (C=O) groups excluding carboxylic acids is 1. The van der Waals surface area contributed by atoms with E-state index in [1.54, 1.807) is 0 Å². The van der Waals surface area contributed by atoms with E-state index in [1.165, 1.54) is 12.1 Å². The summed E-state index contributed by atoms with van der Waals surface area (Å²) < 4.78 is 18.5. The van der Waals surface area contributed by atoms with Gasteiger partial charge in [-0.25, -0.2) is 4.39 Å². The highest BCUT2D eigenvalue weighted by Gasteiger charge is 2.33. The highest BCUT2D eigenvalue weighted by molar-refractivity contribution is 5.79. The molecular formula is C18H24FNO2. The lowest BCUT2D eigenvalue weighted by atomic mass is 9.94. The van der Waals surface area contributed by atoms with Crippen molar-refractivity contribution >= 4 is 5.91 Å². The second-order valence-electron chi connectivity index (χ2n) is 6.67. The summed E-state index contributed by atoms with van der Waals surface area (Å²) in [5.74, 6) is 0.734. The second-order valence-corrected chi connectivity index (χ2v) is 6.67. The van der Waals surface area contributed by atoms with Crippen molar-refractivity contribution in [1.29, 1.82) is 0 Å². The van der Waals surface area contributed by atoms with Crippen molar-refractivity contribution in [3.05, 3.63) is 35.6 Å². The van der Waals surface area contributed by atoms with Crippen molar-refractivity contribution < 1.29 is 13.9 Å². The molecule has 0 spiro atoms. The first-order valence-corrected chi connectivity index (χ1v) is 8.26. The molecule has 22 heavy (non-hydrogen) atoms. The van der Waals surface area contributed by atoms with E-state index in [-0.39, 0.29) is 17.8 Å². The topological polar surface area (TPSA) is 29.5 Å². The largest absolute Gasteiger partial charge is 0.378 e. The number of rotatable bonds is 3. The predicted molar refractivity (Wildman–Crippen MR) is 82.9 cm³/mol. The second kappa shape index (κ2) is 6.78. The number of likely N-dealkylation sites (tertiary alicyclic amines) is 1. The molecule has 3 unspecified atom stereocenters. The van der Waals surface area contributed by atoms with Gasteiger partial charge in [0.1, 0.15) is 5.82 Å². The minimum absolute atomic E-state index is 0.133. The third-order valence-corrected chi connectivity index (χ3v) is 4.87. The minimum atomic E-state index is -0.194. The van der Waals surface area contributed by atoms with Gasteiger partial charge in [-0.05, 0) is 56.2 Å². The van der Waals surface area contributed by atoms with Gasteiger partial charge in [-0.3, -0.25) is 4.79 Å². The fraction of sp³-hybridized carbons (Fsp3) is 0.611. The van der Waals surface area contributed by atoms with Crippen LogP contribution >= 0.6 is 0 Å². The van der Waals surface area contributed by atoms with E-state index in [0.717, 1.165) is 44.3 Å². The Morgan fingerprint density at radius 2 is 2.09 bits per heavy atom. The van der Waals surface area contributed by atoms with Crippen LogP contribution in [-0.2, 0) is 16.0 Å². The summed E-state index contributed by atoms with van der Waals surface area (Å²) >= 11 is 0. The molecule has 3 atom stereocenters. The van der Waals surface area contributed by atoms with Crippen LogP contribution in [0.15, 0.2) is 24.3 Å². The maximum absolute atomic E-state index is 12.9. The summed E-state index contributed by atoms with van der Waals surface area (Å²) in [7, 11) is 0. The Bertz CT molecular complexity index is 516. The van der Waals surface area contributed by atoms with Gasteiger partial charge in [0.05, 0.1) is 6.10 Å². The molecule has 2 aliphatic rings. The van der Waals surface area contributed by atoms with Crippen LogP contribution in [0.4, 0.5) is 4.39 Å². The van der Waals surface area contributed by atoms with E-state index in [1.807, 2.05) is 24.0 Å². The molecule has 1 amide bonds. The number of hydrogen-bond acceptors (Lipinski definition) is 2. The number of hydrogen-bond donors (Lipinski definition) is 0. The molecular weight excluding hydrogens is 281 g/mol. The lowest BCUT2D eigenvalue weighted by molar-refractivity contribution is -0.139. The number of carbonyl (C=O) groups is 1. The van der Waals surface area contributed by atoms with Crippen molar-refractivity contribution in [2.24, 2.45) is 11.8 Å². The summed E-state index contributed by atoms with van der Waals surface area (Å²) in [5.41, 5.74) is 1.15. The van der Waals surface area contributed by atoms with E-state index in [0.29, 0.717) is 18.4 Å². The van der Waals surface area contributed by atoms with Crippen LogP contribution < -0.4 is 0 Å². The highest BCUT2D eigenvalue weighted by Crippen LogP contribution is 2.27. The SMILES string of the molecule is CC1CC(C(=O)N2CCC(Cc3ccc(F)cc3)C2)CCO1. The fourth-order valence-electron chi connectivity index (χ4n) is 3.63. The van der Waals surface area contributed by atoms with Crippen LogP contribution in [0, 0.1) is 17.7 Å². The molecule has 1 aromatic carbocycles. The molecule has 0 aromatic heterocycles. The van der Waals surface area contributed by atoms with Crippen LogP contribution in [0.2, 0.25) is 0 Å². The van der Waals surface area contributed by atoms with Gasteiger partial charge in [-0.2, -0.15) is 0 Å². The molecule has 0 saturated carbocycles. The molecule has 3 rings (SSSR count). The zero-order valence-electron chi connectivity index (χ0n) is 13.1. The van der Waals surface area contributed by atoms with E-state index in [9.17, 15) is 9.18 Å². The Morgan fingerprint density at radius 3 is 2.82 bits per heavy atom. The number of benzene rings is 1. The van der Waals surface area contributed by atoms with Crippen LogP contribution in [0.25, 0.3) is 0 Å². The van der Waals surface area contributed by atoms with Crippen molar-refractivity contribution in [2.75, 3.05) is 19.7 Å². The molecule has 2 heterocycles. The quantitative estimate of drug-likeness (QED) is 0.859. The van der Waals surface area contributed by atoms with Gasteiger partial charge in [0.2, 0.25) is 5.91 Å². The normalized spacial score (nSPS) is 28.8. The lowest BCUT2D eigenvalue weighted by Gasteiger charge is -2.29. The summed E-state index contributed by atoms with van der Waals surface area (Å²) in [6.07, 6.45) is 3.86.